The van der Waals surface area contributed by atoms with Gasteiger partial charge in [0, 0.05) is 11.8 Å². The minimum absolute atomic E-state index is 0.327. The minimum Gasteiger partial charge on any atom is -0.425 e. The van der Waals surface area contributed by atoms with Gasteiger partial charge in [-0.05, 0) is 18.2 Å². The van der Waals surface area contributed by atoms with Gasteiger partial charge < -0.3 is 4.74 Å². The number of para-hydroxylation sites is 1. The molecule has 84 valence electrons. The second-order valence-corrected chi connectivity index (χ2v) is 4.17. The lowest BCUT2D eigenvalue weighted by molar-refractivity contribution is -0.133. The van der Waals surface area contributed by atoms with Crippen molar-refractivity contribution in [2.75, 3.05) is 0 Å². The van der Waals surface area contributed by atoms with E-state index in [0.29, 0.717) is 16.5 Å². The van der Waals surface area contributed by atoms with E-state index in [2.05, 4.69) is 4.98 Å². The number of benzene rings is 1. The number of esters is 1. The van der Waals surface area contributed by atoms with Crippen LogP contribution in [0.5, 0.6) is 5.75 Å². The molecule has 3 nitrogen and oxygen atoms in total. The summed E-state index contributed by atoms with van der Waals surface area (Å²) in [6.07, 6.45) is 1.62. The zero-order valence-corrected chi connectivity index (χ0v) is 9.52. The molecule has 3 rings (SSSR count). The van der Waals surface area contributed by atoms with Gasteiger partial charge in [0.15, 0.2) is 0 Å². The van der Waals surface area contributed by atoms with Crippen molar-refractivity contribution >= 4 is 17.6 Å². The number of halogens is 1. The van der Waals surface area contributed by atoms with Crippen molar-refractivity contribution in [3.63, 3.8) is 0 Å². The number of pyridine rings is 1. The highest BCUT2D eigenvalue weighted by Crippen LogP contribution is 2.39. The summed E-state index contributed by atoms with van der Waals surface area (Å²) in [5.74, 6) is -0.254. The Morgan fingerprint density at radius 1 is 1.18 bits per heavy atom. The van der Waals surface area contributed by atoms with Crippen molar-refractivity contribution in [2.45, 2.75) is 5.92 Å². The van der Waals surface area contributed by atoms with Crippen LogP contribution >= 0.6 is 11.6 Å². The Labute approximate surface area is 103 Å². The minimum atomic E-state index is -0.514. The molecular formula is C13H8ClNO2. The lowest BCUT2D eigenvalue weighted by Crippen LogP contribution is -2.13. The molecule has 4 heteroatoms. The zero-order chi connectivity index (χ0) is 11.8. The molecule has 0 N–H and O–H groups in total. The Morgan fingerprint density at radius 3 is 2.82 bits per heavy atom. The molecule has 17 heavy (non-hydrogen) atoms. The monoisotopic (exact) mass is 245 g/mol. The van der Waals surface area contributed by atoms with Gasteiger partial charge in [-0.15, -0.1) is 0 Å². The van der Waals surface area contributed by atoms with Crippen LogP contribution in [0, 0.1) is 0 Å². The third-order valence-corrected chi connectivity index (χ3v) is 3.06. The first-order chi connectivity index (χ1) is 8.27. The molecule has 1 unspecified atom stereocenters. The van der Waals surface area contributed by atoms with Gasteiger partial charge in [-0.3, -0.25) is 9.78 Å². The molecule has 0 radical (unpaired) electrons. The third kappa shape index (κ3) is 1.59. The largest absolute Gasteiger partial charge is 0.425 e. The first-order valence-electron chi connectivity index (χ1n) is 5.18. The second kappa shape index (κ2) is 3.86. The van der Waals surface area contributed by atoms with Crippen LogP contribution in [0.1, 0.15) is 17.2 Å². The van der Waals surface area contributed by atoms with Crippen molar-refractivity contribution in [3.05, 3.63) is 58.9 Å². The molecule has 1 aromatic heterocycles. The van der Waals surface area contributed by atoms with Crippen LogP contribution in [0.15, 0.2) is 42.6 Å². The van der Waals surface area contributed by atoms with E-state index in [1.54, 1.807) is 24.4 Å². The summed E-state index contributed by atoms with van der Waals surface area (Å²) < 4.78 is 5.19. The van der Waals surface area contributed by atoms with Crippen molar-refractivity contribution in [2.24, 2.45) is 0 Å². The highest BCUT2D eigenvalue weighted by Gasteiger charge is 2.36. The number of nitrogens with zero attached hydrogens (tertiary/aromatic N) is 1. The van der Waals surface area contributed by atoms with E-state index in [1.807, 2.05) is 18.2 Å². The van der Waals surface area contributed by atoms with Gasteiger partial charge in [0.05, 0.1) is 10.7 Å². The number of fused-ring (bicyclic) bond motifs is 1. The van der Waals surface area contributed by atoms with E-state index in [4.69, 9.17) is 16.3 Å². The fourth-order valence-electron chi connectivity index (χ4n) is 1.98. The molecule has 0 saturated heterocycles. The predicted molar refractivity (Wildman–Crippen MR) is 63.2 cm³/mol. The summed E-state index contributed by atoms with van der Waals surface area (Å²) in [6, 6.07) is 10.8. The summed E-state index contributed by atoms with van der Waals surface area (Å²) in [6.45, 7) is 0. The lowest BCUT2D eigenvalue weighted by atomic mass is 9.97. The molecule has 0 bridgehead atoms. The number of carbonyl (C=O) groups is 1. The standard InChI is InChI=1S/C13H8ClNO2/c14-9-5-3-7-15-12(9)11-8-4-1-2-6-10(8)17-13(11)16/h1-7,11H. The SMILES string of the molecule is O=C1Oc2ccccc2C1c1ncccc1Cl. The second-order valence-electron chi connectivity index (χ2n) is 3.76. The zero-order valence-electron chi connectivity index (χ0n) is 8.76. The van der Waals surface area contributed by atoms with Crippen LogP contribution in [0.25, 0.3) is 0 Å². The van der Waals surface area contributed by atoms with Crippen LogP contribution in [-0.4, -0.2) is 11.0 Å². The van der Waals surface area contributed by atoms with Crippen molar-refractivity contribution < 1.29 is 9.53 Å². The number of hydrogen-bond acceptors (Lipinski definition) is 3. The highest BCUT2D eigenvalue weighted by molar-refractivity contribution is 6.31. The number of aromatic nitrogens is 1. The van der Waals surface area contributed by atoms with Crippen LogP contribution < -0.4 is 4.74 Å². The average molecular weight is 246 g/mol. The number of hydrogen-bond donors (Lipinski definition) is 0. The van der Waals surface area contributed by atoms with Gasteiger partial charge >= 0.3 is 5.97 Å². The fourth-order valence-corrected chi connectivity index (χ4v) is 2.21. The third-order valence-electron chi connectivity index (χ3n) is 2.74. The Bertz CT molecular complexity index is 597. The molecule has 2 aromatic rings. The van der Waals surface area contributed by atoms with Crippen molar-refractivity contribution in [1.82, 2.24) is 4.98 Å². The van der Waals surface area contributed by atoms with E-state index in [-0.39, 0.29) is 5.97 Å². The van der Waals surface area contributed by atoms with Gasteiger partial charge in [0.1, 0.15) is 11.7 Å². The number of carbonyl (C=O) groups excluding carboxylic acids is 1. The van der Waals surface area contributed by atoms with E-state index in [0.717, 1.165) is 5.56 Å². The van der Waals surface area contributed by atoms with Crippen molar-refractivity contribution in [3.8, 4) is 5.75 Å². The lowest BCUT2D eigenvalue weighted by Gasteiger charge is -2.07. The molecule has 0 amide bonds. The predicted octanol–water partition coefficient (Wildman–Crippen LogP) is 2.79. The topological polar surface area (TPSA) is 39.2 Å². The van der Waals surface area contributed by atoms with Crippen molar-refractivity contribution in [1.29, 1.82) is 0 Å². The molecular weight excluding hydrogens is 238 g/mol. The maximum Gasteiger partial charge on any atom is 0.325 e. The van der Waals surface area contributed by atoms with Gasteiger partial charge in [-0.25, -0.2) is 0 Å². The van der Waals surface area contributed by atoms with E-state index >= 15 is 0 Å². The summed E-state index contributed by atoms with van der Waals surface area (Å²) >= 11 is 6.07. The Kier molecular flexibility index (Phi) is 2.34. The van der Waals surface area contributed by atoms with E-state index < -0.39 is 5.92 Å². The molecule has 2 heterocycles. The van der Waals surface area contributed by atoms with Gasteiger partial charge in [0.25, 0.3) is 0 Å². The van der Waals surface area contributed by atoms with Crippen LogP contribution in [0.2, 0.25) is 5.02 Å². The summed E-state index contributed by atoms with van der Waals surface area (Å²) in [5.41, 5.74) is 1.36. The maximum atomic E-state index is 11.9. The van der Waals surface area contributed by atoms with Gasteiger partial charge in [0.2, 0.25) is 0 Å². The molecule has 1 aliphatic heterocycles. The molecule has 0 fully saturated rings. The van der Waals surface area contributed by atoms with Crippen LogP contribution in [0.3, 0.4) is 0 Å². The summed E-state index contributed by atoms with van der Waals surface area (Å²) in [4.78, 5) is 16.0. The molecule has 0 aliphatic carbocycles. The van der Waals surface area contributed by atoms with E-state index in [1.165, 1.54) is 0 Å². The maximum absolute atomic E-state index is 11.9. The molecule has 0 saturated carbocycles. The van der Waals surface area contributed by atoms with Crippen LogP contribution in [0.4, 0.5) is 0 Å². The van der Waals surface area contributed by atoms with Gasteiger partial charge in [-0.1, -0.05) is 29.8 Å². The fraction of sp³-hybridized carbons (Fsp3) is 0.0769. The first kappa shape index (κ1) is 10.3. The Balaban J connectivity index is 2.16. The quantitative estimate of drug-likeness (QED) is 0.573. The van der Waals surface area contributed by atoms with Gasteiger partial charge in [-0.2, -0.15) is 0 Å². The molecule has 1 atom stereocenters. The molecule has 1 aliphatic rings. The average Bonchev–Trinajstić information content (AvgIpc) is 2.66. The molecule has 0 spiro atoms. The first-order valence-corrected chi connectivity index (χ1v) is 5.56. The Morgan fingerprint density at radius 2 is 2.00 bits per heavy atom. The summed E-state index contributed by atoms with van der Waals surface area (Å²) in [5, 5.41) is 0.478. The Hall–Kier alpha value is -1.87. The number of ether oxygens (including phenoxy) is 1. The normalized spacial score (nSPS) is 17.7. The summed E-state index contributed by atoms with van der Waals surface area (Å²) in [7, 11) is 0. The highest BCUT2D eigenvalue weighted by atomic mass is 35.5. The number of rotatable bonds is 1. The molecule has 1 aromatic carbocycles. The van der Waals surface area contributed by atoms with Crippen LogP contribution in [-0.2, 0) is 4.79 Å². The van der Waals surface area contributed by atoms with E-state index in [9.17, 15) is 4.79 Å². The smallest absolute Gasteiger partial charge is 0.325 e.